The third-order valence-electron chi connectivity index (χ3n) is 4.42. The summed E-state index contributed by atoms with van der Waals surface area (Å²) in [5.74, 6) is 0.349. The van der Waals surface area contributed by atoms with E-state index < -0.39 is 0 Å². The lowest BCUT2D eigenvalue weighted by Gasteiger charge is -2.36. The van der Waals surface area contributed by atoms with Crippen molar-refractivity contribution in [3.8, 4) is 0 Å². The first-order chi connectivity index (χ1) is 9.26. The van der Waals surface area contributed by atoms with Gasteiger partial charge in [0.25, 0.3) is 0 Å². The summed E-state index contributed by atoms with van der Waals surface area (Å²) in [6.07, 6.45) is 5.64. The Morgan fingerprint density at radius 2 is 1.84 bits per heavy atom. The van der Waals surface area contributed by atoms with E-state index in [-0.39, 0.29) is 6.04 Å². The van der Waals surface area contributed by atoms with Crippen LogP contribution in [0.15, 0.2) is 0 Å². The molecule has 19 heavy (non-hydrogen) atoms. The maximum absolute atomic E-state index is 12.4. The second kappa shape index (κ2) is 7.25. The molecule has 2 fully saturated rings. The molecule has 1 amide bonds. The lowest BCUT2D eigenvalue weighted by molar-refractivity contribution is -0.132. The number of carbonyl (C=O) groups is 1. The fourth-order valence-electron chi connectivity index (χ4n) is 3.34. The molecule has 110 valence electrons. The molecule has 2 aliphatic heterocycles. The molecule has 2 heterocycles. The van der Waals surface area contributed by atoms with Gasteiger partial charge in [-0.15, -0.1) is 0 Å². The number of carbonyl (C=O) groups excluding carboxylic acids is 1. The summed E-state index contributed by atoms with van der Waals surface area (Å²) in [5.41, 5.74) is 0. The lowest BCUT2D eigenvalue weighted by atomic mass is 10.0. The molecule has 0 aromatic rings. The number of nitrogens with zero attached hydrogens (tertiary/aromatic N) is 2. The van der Waals surface area contributed by atoms with Crippen LogP contribution >= 0.6 is 0 Å². The first kappa shape index (κ1) is 14.8. The van der Waals surface area contributed by atoms with Crippen LogP contribution < -0.4 is 5.32 Å². The first-order valence-corrected chi connectivity index (χ1v) is 8.02. The summed E-state index contributed by atoms with van der Waals surface area (Å²) in [6, 6.07) is 0.586. The molecule has 0 aromatic heterocycles. The topological polar surface area (TPSA) is 35.6 Å². The molecule has 1 atom stereocenters. The summed E-state index contributed by atoms with van der Waals surface area (Å²) in [4.78, 5) is 17.0. The van der Waals surface area contributed by atoms with Crippen LogP contribution in [0.2, 0.25) is 0 Å². The number of nitrogens with one attached hydrogen (secondary N) is 1. The van der Waals surface area contributed by atoms with Gasteiger partial charge in [0.05, 0.1) is 6.04 Å². The highest BCUT2D eigenvalue weighted by molar-refractivity contribution is 5.84. The van der Waals surface area contributed by atoms with Gasteiger partial charge in [0.1, 0.15) is 0 Å². The van der Waals surface area contributed by atoms with E-state index in [1.165, 1.54) is 13.0 Å². The summed E-state index contributed by atoms with van der Waals surface area (Å²) in [7, 11) is 0. The van der Waals surface area contributed by atoms with Gasteiger partial charge in [0.15, 0.2) is 0 Å². The summed E-state index contributed by atoms with van der Waals surface area (Å²) >= 11 is 0. The zero-order chi connectivity index (χ0) is 13.7. The highest BCUT2D eigenvalue weighted by atomic mass is 16.2. The molecule has 2 rings (SSSR count). The maximum Gasteiger partial charge on any atom is 0.240 e. The lowest BCUT2D eigenvalue weighted by Crippen LogP contribution is -2.48. The average Bonchev–Trinajstić information content (AvgIpc) is 2.79. The Bertz CT molecular complexity index is 287. The fraction of sp³-hybridized carbons (Fsp3) is 0.933. The molecule has 0 spiro atoms. The minimum Gasteiger partial charge on any atom is -0.338 e. The Hall–Kier alpha value is -0.610. The molecule has 2 aliphatic rings. The number of piperidine rings is 1. The SMILES string of the molecule is CCCNC1CCN(C2CCN(CCC)CC2)C1=O. The van der Waals surface area contributed by atoms with Crippen molar-refractivity contribution < 1.29 is 4.79 Å². The highest BCUT2D eigenvalue weighted by Crippen LogP contribution is 2.22. The average molecular weight is 267 g/mol. The monoisotopic (exact) mass is 267 g/mol. The Balaban J connectivity index is 1.79. The smallest absolute Gasteiger partial charge is 0.240 e. The first-order valence-electron chi connectivity index (χ1n) is 8.02. The van der Waals surface area contributed by atoms with Crippen molar-refractivity contribution in [2.75, 3.05) is 32.7 Å². The van der Waals surface area contributed by atoms with Gasteiger partial charge in [-0.3, -0.25) is 4.79 Å². The van der Waals surface area contributed by atoms with Gasteiger partial charge in [0.2, 0.25) is 5.91 Å². The zero-order valence-corrected chi connectivity index (χ0v) is 12.5. The van der Waals surface area contributed by atoms with Crippen molar-refractivity contribution in [2.24, 2.45) is 0 Å². The summed E-state index contributed by atoms with van der Waals surface area (Å²) in [5, 5.41) is 3.38. The maximum atomic E-state index is 12.4. The zero-order valence-electron chi connectivity index (χ0n) is 12.5. The van der Waals surface area contributed by atoms with E-state index in [0.717, 1.165) is 51.9 Å². The van der Waals surface area contributed by atoms with Crippen LogP contribution in [0.5, 0.6) is 0 Å². The number of amides is 1. The number of likely N-dealkylation sites (tertiary alicyclic amines) is 2. The normalized spacial score (nSPS) is 26.3. The van der Waals surface area contributed by atoms with Crippen molar-refractivity contribution in [1.82, 2.24) is 15.1 Å². The third kappa shape index (κ3) is 3.69. The molecule has 0 radical (unpaired) electrons. The molecule has 0 aliphatic carbocycles. The quantitative estimate of drug-likeness (QED) is 0.791. The van der Waals surface area contributed by atoms with E-state index in [4.69, 9.17) is 0 Å². The van der Waals surface area contributed by atoms with Crippen LogP contribution in [0, 0.1) is 0 Å². The molecule has 0 aromatic carbocycles. The number of rotatable bonds is 6. The van der Waals surface area contributed by atoms with Crippen LogP contribution in [-0.4, -0.2) is 60.5 Å². The van der Waals surface area contributed by atoms with E-state index in [0.29, 0.717) is 11.9 Å². The van der Waals surface area contributed by atoms with E-state index in [1.807, 2.05) is 0 Å². The van der Waals surface area contributed by atoms with Crippen LogP contribution in [0.4, 0.5) is 0 Å². The van der Waals surface area contributed by atoms with Crippen molar-refractivity contribution in [3.63, 3.8) is 0 Å². The molecule has 2 saturated heterocycles. The second-order valence-corrected chi connectivity index (χ2v) is 5.90. The fourth-order valence-corrected chi connectivity index (χ4v) is 3.34. The Morgan fingerprint density at radius 3 is 2.47 bits per heavy atom. The van der Waals surface area contributed by atoms with E-state index in [9.17, 15) is 4.79 Å². The van der Waals surface area contributed by atoms with Gasteiger partial charge in [0, 0.05) is 25.7 Å². The number of hydrogen-bond acceptors (Lipinski definition) is 3. The van der Waals surface area contributed by atoms with Crippen LogP contribution in [0.25, 0.3) is 0 Å². The van der Waals surface area contributed by atoms with Gasteiger partial charge in [-0.1, -0.05) is 13.8 Å². The standard InChI is InChI=1S/C15H29N3O/c1-3-8-16-14-7-12-18(15(14)19)13-5-10-17(9-4-2)11-6-13/h13-14,16H,3-12H2,1-2H3. The molecule has 4 heteroatoms. The molecule has 1 unspecified atom stereocenters. The largest absolute Gasteiger partial charge is 0.338 e. The van der Waals surface area contributed by atoms with Crippen molar-refractivity contribution in [3.05, 3.63) is 0 Å². The van der Waals surface area contributed by atoms with Crippen molar-refractivity contribution in [2.45, 2.75) is 58.0 Å². The van der Waals surface area contributed by atoms with Gasteiger partial charge in [-0.25, -0.2) is 0 Å². The summed E-state index contributed by atoms with van der Waals surface area (Å²) < 4.78 is 0. The van der Waals surface area contributed by atoms with E-state index in [1.54, 1.807) is 0 Å². The van der Waals surface area contributed by atoms with E-state index in [2.05, 4.69) is 29.0 Å². The predicted octanol–water partition coefficient (Wildman–Crippen LogP) is 1.46. The van der Waals surface area contributed by atoms with Crippen LogP contribution in [-0.2, 0) is 4.79 Å². The Labute approximate surface area is 117 Å². The third-order valence-corrected chi connectivity index (χ3v) is 4.42. The minimum absolute atomic E-state index is 0.0913. The molecule has 0 bridgehead atoms. The predicted molar refractivity (Wildman–Crippen MR) is 78.2 cm³/mol. The van der Waals surface area contributed by atoms with Gasteiger partial charge in [-0.05, 0) is 45.2 Å². The van der Waals surface area contributed by atoms with Crippen molar-refractivity contribution in [1.29, 1.82) is 0 Å². The van der Waals surface area contributed by atoms with E-state index >= 15 is 0 Å². The number of hydrogen-bond donors (Lipinski definition) is 1. The molecule has 0 saturated carbocycles. The van der Waals surface area contributed by atoms with Gasteiger partial charge >= 0.3 is 0 Å². The van der Waals surface area contributed by atoms with Crippen LogP contribution in [0.1, 0.15) is 46.0 Å². The summed E-state index contributed by atoms with van der Waals surface area (Å²) in [6.45, 7) is 9.83. The highest BCUT2D eigenvalue weighted by Gasteiger charge is 2.36. The Morgan fingerprint density at radius 1 is 1.11 bits per heavy atom. The molecule has 1 N–H and O–H groups in total. The Kier molecular flexibility index (Phi) is 5.64. The molecule has 4 nitrogen and oxygen atoms in total. The second-order valence-electron chi connectivity index (χ2n) is 5.90. The molecular formula is C15H29N3O. The minimum atomic E-state index is 0.0913. The van der Waals surface area contributed by atoms with Crippen LogP contribution in [0.3, 0.4) is 0 Å². The van der Waals surface area contributed by atoms with Gasteiger partial charge in [-0.2, -0.15) is 0 Å². The molecular weight excluding hydrogens is 238 g/mol. The van der Waals surface area contributed by atoms with Gasteiger partial charge < -0.3 is 15.1 Å². The van der Waals surface area contributed by atoms with Crippen molar-refractivity contribution >= 4 is 5.91 Å².